The Balaban J connectivity index is 1.36. The summed E-state index contributed by atoms with van der Waals surface area (Å²) in [6, 6.07) is 20.7. The van der Waals surface area contributed by atoms with Gasteiger partial charge in [0.05, 0.1) is 14.2 Å². The maximum absolute atomic E-state index is 13.9. The van der Waals surface area contributed by atoms with Gasteiger partial charge in [-0.25, -0.2) is 0 Å². The van der Waals surface area contributed by atoms with Crippen molar-refractivity contribution in [2.45, 2.75) is 25.4 Å². The molecule has 1 atom stereocenters. The second-order valence-electron chi connectivity index (χ2n) is 9.58. The maximum Gasteiger partial charge on any atom is 0.195 e. The zero-order valence-electron chi connectivity index (χ0n) is 21.8. The standard InChI is InChI=1S/C31H33NO5S/c1-35-24-10-8-22(9-11-24)31-29(27-15-14-26(36-2)18-28(27)38-31)30(34)21-6-12-25(13-7-21)37-20-23(33)19-32-16-4-3-5-17-32/h6-15,18,23,33H,3-5,16-17,19-20H2,1-2H3. The molecule has 1 aliphatic rings. The van der Waals surface area contributed by atoms with Crippen molar-refractivity contribution < 1.29 is 24.1 Å². The molecule has 6 nitrogen and oxygen atoms in total. The number of carbonyl (C=O) groups is 1. The number of methoxy groups -OCH3 is 2. The van der Waals surface area contributed by atoms with Crippen molar-refractivity contribution in [2.24, 2.45) is 0 Å². The number of thiophene rings is 1. The topological polar surface area (TPSA) is 68.2 Å². The number of likely N-dealkylation sites (tertiary alicyclic amines) is 1. The lowest BCUT2D eigenvalue weighted by Gasteiger charge is -2.28. The minimum Gasteiger partial charge on any atom is -0.497 e. The van der Waals surface area contributed by atoms with E-state index in [0.29, 0.717) is 23.4 Å². The van der Waals surface area contributed by atoms with E-state index in [4.69, 9.17) is 14.2 Å². The van der Waals surface area contributed by atoms with Gasteiger partial charge in [-0.3, -0.25) is 4.79 Å². The molecule has 0 saturated carbocycles. The van der Waals surface area contributed by atoms with Crippen molar-refractivity contribution in [2.75, 3.05) is 40.5 Å². The van der Waals surface area contributed by atoms with Gasteiger partial charge in [0.25, 0.3) is 0 Å². The molecule has 7 heteroatoms. The van der Waals surface area contributed by atoms with Gasteiger partial charge in [0, 0.05) is 32.6 Å². The van der Waals surface area contributed by atoms with E-state index in [9.17, 15) is 9.90 Å². The highest BCUT2D eigenvalue weighted by Crippen LogP contribution is 2.41. The molecule has 0 spiro atoms. The number of hydrogen-bond donors (Lipinski definition) is 1. The fourth-order valence-electron chi connectivity index (χ4n) is 4.91. The Hall–Kier alpha value is -3.39. The summed E-state index contributed by atoms with van der Waals surface area (Å²) < 4.78 is 17.6. The number of β-amino-alcohol motifs (C(OH)–C–C–N with tert-alkyl or cyclic N) is 1. The lowest BCUT2D eigenvalue weighted by atomic mass is 9.97. The van der Waals surface area contributed by atoms with Crippen LogP contribution in [0.2, 0.25) is 0 Å². The fraction of sp³-hybridized carbons (Fsp3) is 0.323. The molecule has 1 fully saturated rings. The average molecular weight is 532 g/mol. The Morgan fingerprint density at radius 3 is 2.24 bits per heavy atom. The third kappa shape index (κ3) is 5.85. The first kappa shape index (κ1) is 26.2. The number of aliphatic hydroxyl groups excluding tert-OH is 1. The summed E-state index contributed by atoms with van der Waals surface area (Å²) in [5.74, 6) is 2.10. The van der Waals surface area contributed by atoms with E-state index in [-0.39, 0.29) is 12.4 Å². The van der Waals surface area contributed by atoms with Crippen LogP contribution in [-0.2, 0) is 0 Å². The number of hydrogen-bond acceptors (Lipinski definition) is 7. The molecule has 3 aromatic carbocycles. The number of piperidine rings is 1. The van der Waals surface area contributed by atoms with Gasteiger partial charge in [0.15, 0.2) is 5.78 Å². The first-order chi connectivity index (χ1) is 18.6. The van der Waals surface area contributed by atoms with Crippen molar-refractivity contribution in [3.63, 3.8) is 0 Å². The number of ketones is 1. The average Bonchev–Trinajstić information content (AvgIpc) is 3.35. The first-order valence-corrected chi connectivity index (χ1v) is 13.8. The molecular formula is C31H33NO5S. The molecular weight excluding hydrogens is 498 g/mol. The van der Waals surface area contributed by atoms with Crippen molar-refractivity contribution in [3.8, 4) is 27.7 Å². The van der Waals surface area contributed by atoms with Crippen molar-refractivity contribution >= 4 is 27.2 Å². The van der Waals surface area contributed by atoms with Crippen LogP contribution in [0.4, 0.5) is 0 Å². The zero-order chi connectivity index (χ0) is 26.5. The second-order valence-corrected chi connectivity index (χ2v) is 10.6. The number of rotatable bonds is 10. The molecule has 5 rings (SSSR count). The highest BCUT2D eigenvalue weighted by molar-refractivity contribution is 7.22. The van der Waals surface area contributed by atoms with Crippen LogP contribution in [0, 0.1) is 0 Å². The van der Waals surface area contributed by atoms with E-state index in [1.807, 2.05) is 42.5 Å². The van der Waals surface area contributed by atoms with Gasteiger partial charge in [-0.05, 0) is 98.2 Å². The largest absolute Gasteiger partial charge is 0.497 e. The summed E-state index contributed by atoms with van der Waals surface area (Å²) in [6.45, 7) is 2.93. The van der Waals surface area contributed by atoms with Crippen LogP contribution in [0.3, 0.4) is 0 Å². The van der Waals surface area contributed by atoms with Crippen LogP contribution in [0.25, 0.3) is 20.5 Å². The summed E-state index contributed by atoms with van der Waals surface area (Å²) in [7, 11) is 3.28. The minimum atomic E-state index is -0.546. The molecule has 1 unspecified atom stereocenters. The minimum absolute atomic E-state index is 0.0519. The van der Waals surface area contributed by atoms with E-state index in [2.05, 4.69) is 4.90 Å². The molecule has 38 heavy (non-hydrogen) atoms. The van der Waals surface area contributed by atoms with E-state index >= 15 is 0 Å². The van der Waals surface area contributed by atoms with Gasteiger partial charge in [0.1, 0.15) is 30.0 Å². The lowest BCUT2D eigenvalue weighted by Crippen LogP contribution is -2.38. The second kappa shape index (κ2) is 12.0. The summed E-state index contributed by atoms with van der Waals surface area (Å²) in [5.41, 5.74) is 2.21. The van der Waals surface area contributed by atoms with Crippen LogP contribution in [0.15, 0.2) is 66.7 Å². The van der Waals surface area contributed by atoms with Crippen LogP contribution >= 0.6 is 11.3 Å². The number of ether oxygens (including phenoxy) is 3. The molecule has 1 aliphatic heterocycles. The summed E-state index contributed by atoms with van der Waals surface area (Å²) in [4.78, 5) is 17.1. The highest BCUT2D eigenvalue weighted by Gasteiger charge is 2.22. The fourth-order valence-corrected chi connectivity index (χ4v) is 6.14. The number of nitrogens with zero attached hydrogens (tertiary/aromatic N) is 1. The Morgan fingerprint density at radius 2 is 1.55 bits per heavy atom. The highest BCUT2D eigenvalue weighted by atomic mass is 32.1. The van der Waals surface area contributed by atoms with Crippen LogP contribution < -0.4 is 14.2 Å². The van der Waals surface area contributed by atoms with E-state index in [1.54, 1.807) is 49.8 Å². The predicted octanol–water partition coefficient (Wildman–Crippen LogP) is 6.04. The van der Waals surface area contributed by atoms with Crippen LogP contribution in [0.5, 0.6) is 17.2 Å². The van der Waals surface area contributed by atoms with Gasteiger partial charge in [-0.2, -0.15) is 0 Å². The van der Waals surface area contributed by atoms with Gasteiger partial charge in [0.2, 0.25) is 0 Å². The molecule has 198 valence electrons. The van der Waals surface area contributed by atoms with E-state index in [0.717, 1.165) is 45.1 Å². The van der Waals surface area contributed by atoms with Crippen molar-refractivity contribution in [1.29, 1.82) is 0 Å². The van der Waals surface area contributed by atoms with Crippen molar-refractivity contribution in [3.05, 3.63) is 77.9 Å². The SMILES string of the molecule is COc1ccc(-c2sc3cc(OC)ccc3c2C(=O)c2ccc(OCC(O)CN3CCCCC3)cc2)cc1. The normalized spacial score (nSPS) is 14.8. The molecule has 0 radical (unpaired) electrons. The third-order valence-electron chi connectivity index (χ3n) is 6.95. The molecule has 1 aromatic heterocycles. The Kier molecular flexibility index (Phi) is 8.27. The predicted molar refractivity (Wildman–Crippen MR) is 152 cm³/mol. The third-order valence-corrected chi connectivity index (χ3v) is 8.15. The van der Waals surface area contributed by atoms with Gasteiger partial charge >= 0.3 is 0 Å². The molecule has 1 saturated heterocycles. The molecule has 2 heterocycles. The zero-order valence-corrected chi connectivity index (χ0v) is 22.6. The number of fused-ring (bicyclic) bond motifs is 1. The first-order valence-electron chi connectivity index (χ1n) is 13.0. The maximum atomic E-state index is 13.9. The summed E-state index contributed by atoms with van der Waals surface area (Å²) >= 11 is 1.57. The summed E-state index contributed by atoms with van der Waals surface area (Å²) in [6.07, 6.45) is 3.10. The monoisotopic (exact) mass is 531 g/mol. The quantitative estimate of drug-likeness (QED) is 0.252. The summed E-state index contributed by atoms with van der Waals surface area (Å²) in [5, 5.41) is 11.3. The molecule has 0 bridgehead atoms. The Morgan fingerprint density at radius 1 is 0.895 bits per heavy atom. The van der Waals surface area contributed by atoms with Gasteiger partial charge < -0.3 is 24.2 Å². The number of aliphatic hydroxyl groups is 1. The van der Waals surface area contributed by atoms with Gasteiger partial charge in [-0.15, -0.1) is 11.3 Å². The van der Waals surface area contributed by atoms with Crippen molar-refractivity contribution in [1.82, 2.24) is 4.90 Å². The number of carbonyl (C=O) groups excluding carboxylic acids is 1. The van der Waals surface area contributed by atoms with Gasteiger partial charge in [-0.1, -0.05) is 6.42 Å². The molecule has 0 amide bonds. The Bertz CT molecular complexity index is 1370. The lowest BCUT2D eigenvalue weighted by molar-refractivity contribution is 0.0617. The molecule has 1 N–H and O–H groups in total. The molecule has 0 aliphatic carbocycles. The van der Waals surface area contributed by atoms with Crippen LogP contribution in [0.1, 0.15) is 35.2 Å². The van der Waals surface area contributed by atoms with Crippen LogP contribution in [-0.4, -0.2) is 62.4 Å². The Labute approximate surface area is 227 Å². The van der Waals surface area contributed by atoms with E-state index in [1.165, 1.54) is 19.3 Å². The smallest absolute Gasteiger partial charge is 0.195 e. The number of benzene rings is 3. The van der Waals surface area contributed by atoms with E-state index < -0.39 is 6.10 Å². The molecule has 4 aromatic rings.